The third-order valence-corrected chi connectivity index (χ3v) is 13.0. The molecule has 4 aromatic heterocycles. The first kappa shape index (κ1) is 39.0. The van der Waals surface area contributed by atoms with Gasteiger partial charge >= 0.3 is 6.18 Å². The molecule has 0 aromatic carbocycles. The fourth-order valence-corrected chi connectivity index (χ4v) is 9.46. The molecule has 6 aliphatic rings. The van der Waals surface area contributed by atoms with E-state index in [1.54, 1.807) is 6.20 Å². The quantitative estimate of drug-likeness (QED) is 0.185. The molecule has 0 radical (unpaired) electrons. The monoisotopic (exact) mass is 804 g/mol. The molecule has 4 aromatic rings. The minimum Gasteiger partial charge on any atom is -0.367 e. The van der Waals surface area contributed by atoms with Crippen molar-refractivity contribution in [1.29, 1.82) is 0 Å². The number of anilines is 2. The lowest BCUT2D eigenvalue weighted by molar-refractivity contribution is -0.140. The molecule has 2 amide bonds. The predicted octanol–water partition coefficient (Wildman–Crippen LogP) is 4.83. The first-order valence-corrected chi connectivity index (χ1v) is 21.5. The number of amides is 2. The van der Waals surface area contributed by atoms with Gasteiger partial charge in [-0.25, -0.2) is 9.97 Å². The van der Waals surface area contributed by atoms with Gasteiger partial charge in [-0.1, -0.05) is 6.92 Å². The molecule has 2 aliphatic carbocycles. The second kappa shape index (κ2) is 16.3. The van der Waals surface area contributed by atoms with Crippen molar-refractivity contribution < 1.29 is 22.8 Å². The van der Waals surface area contributed by atoms with Crippen molar-refractivity contribution in [3.8, 4) is 0 Å². The molecule has 6 fully saturated rings. The van der Waals surface area contributed by atoms with Crippen LogP contribution in [0.4, 0.5) is 24.5 Å². The summed E-state index contributed by atoms with van der Waals surface area (Å²) in [6.45, 7) is 9.59. The van der Waals surface area contributed by atoms with Crippen LogP contribution in [-0.2, 0) is 22.2 Å². The van der Waals surface area contributed by atoms with E-state index in [1.807, 2.05) is 16.0 Å². The molecule has 0 unspecified atom stereocenters. The zero-order valence-electron chi connectivity index (χ0n) is 33.3. The lowest BCUT2D eigenvalue weighted by atomic mass is 10.0. The number of aromatic amines is 2. The van der Waals surface area contributed by atoms with Gasteiger partial charge in [-0.2, -0.15) is 23.4 Å². The van der Waals surface area contributed by atoms with Gasteiger partial charge in [-0.15, -0.1) is 0 Å². The molecule has 58 heavy (non-hydrogen) atoms. The normalized spacial score (nSPS) is 22.9. The number of halogens is 3. The van der Waals surface area contributed by atoms with Crippen molar-refractivity contribution >= 4 is 45.3 Å². The topological polar surface area (TPSA) is 154 Å². The highest BCUT2D eigenvalue weighted by molar-refractivity contribution is 5.95. The number of pyridine rings is 2. The number of fused-ring (bicyclic) bond motifs is 2. The number of carbonyl (C=O) groups is 2. The molecule has 17 heteroatoms. The molecule has 0 bridgehead atoms. The van der Waals surface area contributed by atoms with Crippen LogP contribution in [0.2, 0.25) is 0 Å². The highest BCUT2D eigenvalue weighted by Gasteiger charge is 2.40. The molecular weight excluding hydrogens is 750 g/mol. The molecule has 4 aliphatic heterocycles. The zero-order chi connectivity index (χ0) is 40.0. The summed E-state index contributed by atoms with van der Waals surface area (Å²) in [5.41, 5.74) is 5.40. The SMILES string of the molecule is CCc1[nH]nc2ncc(C3CC3)c(N3CCN(C(=O)C[C@@H]4CCCN4)CC3)c12.O=C(C[C@@H]1CCCN1)N1CCN(c2c(C3CC3)cnc3n[nH]c(C(F)(F)F)c23)CC1. The molecule has 2 saturated carbocycles. The van der Waals surface area contributed by atoms with E-state index in [-0.39, 0.29) is 28.9 Å². The van der Waals surface area contributed by atoms with E-state index in [1.165, 1.54) is 41.6 Å². The number of alkyl halides is 3. The van der Waals surface area contributed by atoms with Crippen molar-refractivity contribution in [2.24, 2.45) is 0 Å². The average molecular weight is 805 g/mol. The van der Waals surface area contributed by atoms with Gasteiger partial charge in [0.1, 0.15) is 0 Å². The Morgan fingerprint density at radius 3 is 1.57 bits per heavy atom. The molecule has 4 saturated heterocycles. The number of carbonyl (C=O) groups excluding carboxylic acids is 2. The van der Waals surface area contributed by atoms with E-state index in [0.29, 0.717) is 62.6 Å². The summed E-state index contributed by atoms with van der Waals surface area (Å²) in [6.07, 6.45) is 10.1. The van der Waals surface area contributed by atoms with Gasteiger partial charge in [-0.05, 0) is 93.8 Å². The average Bonchev–Trinajstić information content (AvgIpc) is 4.00. The lowest BCUT2D eigenvalue weighted by Gasteiger charge is -2.37. The summed E-state index contributed by atoms with van der Waals surface area (Å²) in [7, 11) is 0. The highest BCUT2D eigenvalue weighted by atomic mass is 19.4. The summed E-state index contributed by atoms with van der Waals surface area (Å²) in [5.74, 6) is 1.31. The Bertz CT molecular complexity index is 2100. The van der Waals surface area contributed by atoms with Gasteiger partial charge in [0.25, 0.3) is 0 Å². The van der Waals surface area contributed by atoms with Gasteiger partial charge in [0.15, 0.2) is 17.0 Å². The highest BCUT2D eigenvalue weighted by Crippen LogP contribution is 2.49. The number of hydrogen-bond donors (Lipinski definition) is 4. The zero-order valence-corrected chi connectivity index (χ0v) is 33.3. The summed E-state index contributed by atoms with van der Waals surface area (Å²) in [6, 6.07) is 0.627. The van der Waals surface area contributed by atoms with Crippen LogP contribution < -0.4 is 20.4 Å². The number of piperazine rings is 2. The van der Waals surface area contributed by atoms with Gasteiger partial charge < -0.3 is 30.2 Å². The molecule has 8 heterocycles. The van der Waals surface area contributed by atoms with Crippen molar-refractivity contribution in [1.82, 2.24) is 50.8 Å². The molecule has 2 atom stereocenters. The van der Waals surface area contributed by atoms with Gasteiger partial charge in [0.2, 0.25) is 11.8 Å². The molecular formula is C41H55F3N12O2. The number of H-pyrrole nitrogens is 2. The number of aryl methyl sites for hydroxylation is 1. The van der Waals surface area contributed by atoms with Gasteiger partial charge in [0.05, 0.1) is 22.1 Å². The third-order valence-electron chi connectivity index (χ3n) is 13.0. The van der Waals surface area contributed by atoms with Crippen LogP contribution in [0.5, 0.6) is 0 Å². The Kier molecular flexibility index (Phi) is 10.9. The Balaban J connectivity index is 0.000000151. The van der Waals surface area contributed by atoms with Crippen LogP contribution in [0.15, 0.2) is 12.4 Å². The Morgan fingerprint density at radius 2 is 1.14 bits per heavy atom. The summed E-state index contributed by atoms with van der Waals surface area (Å²) < 4.78 is 40.9. The van der Waals surface area contributed by atoms with Crippen LogP contribution in [0.3, 0.4) is 0 Å². The second-order valence-corrected chi connectivity index (χ2v) is 17.0. The molecule has 14 nitrogen and oxygen atoms in total. The maximum Gasteiger partial charge on any atom is 0.433 e. The summed E-state index contributed by atoms with van der Waals surface area (Å²) >= 11 is 0. The van der Waals surface area contributed by atoms with Crippen LogP contribution >= 0.6 is 0 Å². The van der Waals surface area contributed by atoms with E-state index in [0.717, 1.165) is 89.0 Å². The standard InChI is InChI=1S/C21H30N6O.C20H25F3N6O/c1-2-17-19-20(16(14-5-6-14)13-23-21(19)25-24-17)27-10-8-26(9-11-27)18(28)12-15-4-3-7-22-15;21-20(22,23)18-16-17(14(12-3-4-12)11-25-19(16)27-26-18)29-8-6-28(7-9-29)15(30)10-13-2-1-5-24-13/h13-15,22H,2-12H2,1H3,(H,23,24,25);11-13,24H,1-10H2,(H,25,26,27)/t15-;13-/m00/s1. The fraction of sp³-hybridized carbons (Fsp3) is 0.659. The van der Waals surface area contributed by atoms with E-state index in [9.17, 15) is 22.8 Å². The van der Waals surface area contributed by atoms with Crippen molar-refractivity contribution in [3.63, 3.8) is 0 Å². The first-order valence-electron chi connectivity index (χ1n) is 21.5. The fourth-order valence-electron chi connectivity index (χ4n) is 9.46. The number of nitrogens with zero attached hydrogens (tertiary/aromatic N) is 8. The number of nitrogens with one attached hydrogen (secondary N) is 4. The van der Waals surface area contributed by atoms with E-state index in [2.05, 4.69) is 57.7 Å². The van der Waals surface area contributed by atoms with Crippen molar-refractivity contribution in [2.75, 3.05) is 75.2 Å². The van der Waals surface area contributed by atoms with Crippen LogP contribution in [-0.4, -0.2) is 130 Å². The lowest BCUT2D eigenvalue weighted by Crippen LogP contribution is -2.50. The summed E-state index contributed by atoms with van der Waals surface area (Å²) in [4.78, 5) is 42.5. The molecule has 10 rings (SSSR count). The van der Waals surface area contributed by atoms with Gasteiger partial charge in [0, 0.05) is 95.4 Å². The summed E-state index contributed by atoms with van der Waals surface area (Å²) in [5, 5.41) is 21.6. The van der Waals surface area contributed by atoms with Crippen molar-refractivity contribution in [2.45, 2.75) is 108 Å². The van der Waals surface area contributed by atoms with Crippen molar-refractivity contribution in [3.05, 3.63) is 34.9 Å². The largest absolute Gasteiger partial charge is 0.433 e. The Labute approximate surface area is 336 Å². The van der Waals surface area contributed by atoms with Gasteiger partial charge in [-0.3, -0.25) is 19.8 Å². The predicted molar refractivity (Wildman–Crippen MR) is 215 cm³/mol. The maximum atomic E-state index is 13.6. The molecule has 0 spiro atoms. The van der Waals surface area contributed by atoms with E-state index in [4.69, 9.17) is 0 Å². The Hall–Kier alpha value is -4.51. The minimum absolute atomic E-state index is 0.0573. The first-order chi connectivity index (χ1) is 28.2. The van der Waals surface area contributed by atoms with Crippen LogP contribution in [0.1, 0.15) is 105 Å². The number of aromatic nitrogens is 6. The van der Waals surface area contributed by atoms with Crippen LogP contribution in [0, 0.1) is 0 Å². The smallest absolute Gasteiger partial charge is 0.367 e. The van der Waals surface area contributed by atoms with E-state index >= 15 is 0 Å². The number of rotatable bonds is 9. The minimum atomic E-state index is -4.53. The Morgan fingerprint density at radius 1 is 0.672 bits per heavy atom. The third kappa shape index (κ3) is 8.08. The maximum absolute atomic E-state index is 13.6. The molecule has 4 N–H and O–H groups in total. The van der Waals surface area contributed by atoms with E-state index < -0.39 is 11.9 Å². The van der Waals surface area contributed by atoms with Crippen LogP contribution in [0.25, 0.3) is 22.1 Å². The molecule has 312 valence electrons. The second-order valence-electron chi connectivity index (χ2n) is 17.0. The number of hydrogen-bond acceptors (Lipinski definition) is 10.